The van der Waals surface area contributed by atoms with E-state index < -0.39 is 0 Å². The maximum absolute atomic E-state index is 9.26. The third kappa shape index (κ3) is 4.29. The van der Waals surface area contributed by atoms with Gasteiger partial charge in [0.1, 0.15) is 12.4 Å². The Balaban J connectivity index is 1.81. The van der Waals surface area contributed by atoms with Gasteiger partial charge in [-0.1, -0.05) is 12.1 Å². The van der Waals surface area contributed by atoms with E-state index in [-0.39, 0.29) is 12.6 Å². The average molecular weight is 251 g/mol. The second-order valence-electron chi connectivity index (χ2n) is 4.71. The van der Waals surface area contributed by atoms with Gasteiger partial charge in [-0.05, 0) is 30.5 Å². The summed E-state index contributed by atoms with van der Waals surface area (Å²) < 4.78 is 10.8. The van der Waals surface area contributed by atoms with E-state index in [1.165, 1.54) is 12.8 Å². The molecule has 1 saturated carbocycles. The molecule has 4 nitrogen and oxygen atoms in total. The lowest BCUT2D eigenvalue weighted by Gasteiger charge is -2.17. The molecular weight excluding hydrogens is 230 g/mol. The first-order valence-corrected chi connectivity index (χ1v) is 6.39. The predicted molar refractivity (Wildman–Crippen MR) is 69.7 cm³/mol. The summed E-state index contributed by atoms with van der Waals surface area (Å²) in [5.74, 6) is 0.820. The van der Waals surface area contributed by atoms with Crippen molar-refractivity contribution in [2.24, 2.45) is 0 Å². The molecule has 1 unspecified atom stereocenters. The molecule has 0 spiro atoms. The highest BCUT2D eigenvalue weighted by atomic mass is 16.5. The Hall–Kier alpha value is -1.10. The zero-order valence-electron chi connectivity index (χ0n) is 10.8. The molecular formula is C14H21NO3. The van der Waals surface area contributed by atoms with Crippen LogP contribution in [0.2, 0.25) is 0 Å². The van der Waals surface area contributed by atoms with Crippen LogP contribution < -0.4 is 10.1 Å². The lowest BCUT2D eigenvalue weighted by atomic mass is 10.2. The molecule has 0 bridgehead atoms. The number of hydrogen-bond acceptors (Lipinski definition) is 4. The lowest BCUT2D eigenvalue weighted by molar-refractivity contribution is 0.178. The van der Waals surface area contributed by atoms with Crippen molar-refractivity contribution in [1.29, 1.82) is 0 Å². The van der Waals surface area contributed by atoms with Crippen molar-refractivity contribution >= 4 is 0 Å². The Labute approximate surface area is 108 Å². The van der Waals surface area contributed by atoms with E-state index in [0.29, 0.717) is 19.3 Å². The van der Waals surface area contributed by atoms with Gasteiger partial charge in [0.15, 0.2) is 0 Å². The van der Waals surface area contributed by atoms with Gasteiger partial charge in [0.2, 0.25) is 0 Å². The molecule has 4 heteroatoms. The predicted octanol–water partition coefficient (Wildman–Crippen LogP) is 1.32. The number of ether oxygens (including phenoxy) is 2. The molecule has 1 aromatic rings. The van der Waals surface area contributed by atoms with Crippen molar-refractivity contribution in [3.8, 4) is 5.75 Å². The van der Waals surface area contributed by atoms with E-state index in [1.807, 2.05) is 24.3 Å². The smallest absolute Gasteiger partial charge is 0.119 e. The molecule has 1 aliphatic carbocycles. The molecule has 0 saturated heterocycles. The highest BCUT2D eigenvalue weighted by molar-refractivity contribution is 5.28. The molecule has 18 heavy (non-hydrogen) atoms. The Bertz CT molecular complexity index is 366. The van der Waals surface area contributed by atoms with Gasteiger partial charge >= 0.3 is 0 Å². The fourth-order valence-electron chi connectivity index (χ4n) is 1.83. The minimum atomic E-state index is 0.0172. The fraction of sp³-hybridized carbons (Fsp3) is 0.571. The van der Waals surface area contributed by atoms with E-state index in [0.717, 1.165) is 11.3 Å². The standard InChI is InChI=1S/C14H21NO3/c1-17-9-11-3-2-4-14(7-11)18-10-13(8-16)15-12-5-6-12/h2-4,7,12-13,15-16H,5-6,8-10H2,1H3. The lowest BCUT2D eigenvalue weighted by Crippen LogP contribution is -2.39. The van der Waals surface area contributed by atoms with Gasteiger partial charge in [0.25, 0.3) is 0 Å². The van der Waals surface area contributed by atoms with Crippen molar-refractivity contribution in [3.05, 3.63) is 29.8 Å². The summed E-state index contributed by atoms with van der Waals surface area (Å²) in [5, 5.41) is 12.6. The van der Waals surface area contributed by atoms with Crippen molar-refractivity contribution in [3.63, 3.8) is 0 Å². The summed E-state index contributed by atoms with van der Waals surface area (Å²) in [5.41, 5.74) is 1.09. The molecule has 0 amide bonds. The molecule has 1 fully saturated rings. The van der Waals surface area contributed by atoms with E-state index in [1.54, 1.807) is 7.11 Å². The molecule has 2 rings (SSSR count). The summed E-state index contributed by atoms with van der Waals surface area (Å²) in [4.78, 5) is 0. The summed E-state index contributed by atoms with van der Waals surface area (Å²) in [6.45, 7) is 1.18. The minimum Gasteiger partial charge on any atom is -0.492 e. The molecule has 0 radical (unpaired) electrons. The maximum Gasteiger partial charge on any atom is 0.119 e. The Morgan fingerprint density at radius 3 is 2.94 bits per heavy atom. The quantitative estimate of drug-likeness (QED) is 0.732. The van der Waals surface area contributed by atoms with Gasteiger partial charge in [0.05, 0.1) is 19.3 Å². The normalized spacial score (nSPS) is 16.6. The summed E-state index contributed by atoms with van der Waals surface area (Å²) in [6, 6.07) is 8.43. The number of hydrogen-bond donors (Lipinski definition) is 2. The first-order chi connectivity index (χ1) is 8.81. The average Bonchev–Trinajstić information content (AvgIpc) is 3.19. The fourth-order valence-corrected chi connectivity index (χ4v) is 1.83. The molecule has 0 heterocycles. The zero-order chi connectivity index (χ0) is 12.8. The van der Waals surface area contributed by atoms with E-state index in [4.69, 9.17) is 9.47 Å². The Kier molecular flexibility index (Phi) is 4.99. The number of aliphatic hydroxyl groups excluding tert-OH is 1. The molecule has 2 N–H and O–H groups in total. The Morgan fingerprint density at radius 2 is 2.28 bits per heavy atom. The minimum absolute atomic E-state index is 0.0172. The van der Waals surface area contributed by atoms with Gasteiger partial charge in [-0.25, -0.2) is 0 Å². The van der Waals surface area contributed by atoms with Crippen LogP contribution in [0.4, 0.5) is 0 Å². The molecule has 100 valence electrons. The largest absolute Gasteiger partial charge is 0.492 e. The third-order valence-electron chi connectivity index (χ3n) is 2.93. The first-order valence-electron chi connectivity index (χ1n) is 6.39. The van der Waals surface area contributed by atoms with Crippen molar-refractivity contribution in [2.45, 2.75) is 31.5 Å². The number of aliphatic hydroxyl groups is 1. The monoisotopic (exact) mass is 251 g/mol. The van der Waals surface area contributed by atoms with Gasteiger partial charge in [-0.15, -0.1) is 0 Å². The molecule has 0 aromatic heterocycles. The number of methoxy groups -OCH3 is 1. The van der Waals surface area contributed by atoms with Gasteiger partial charge in [0, 0.05) is 13.2 Å². The molecule has 1 aliphatic rings. The molecule has 0 aliphatic heterocycles. The Morgan fingerprint density at radius 1 is 1.44 bits per heavy atom. The molecule has 1 aromatic carbocycles. The van der Waals surface area contributed by atoms with Gasteiger partial charge in [-0.3, -0.25) is 0 Å². The number of nitrogens with one attached hydrogen (secondary N) is 1. The van der Waals surface area contributed by atoms with Crippen LogP contribution in [0, 0.1) is 0 Å². The van der Waals surface area contributed by atoms with Crippen LogP contribution in [0.5, 0.6) is 5.75 Å². The second kappa shape index (κ2) is 6.73. The second-order valence-corrected chi connectivity index (χ2v) is 4.71. The van der Waals surface area contributed by atoms with Gasteiger partial charge < -0.3 is 19.9 Å². The van der Waals surface area contributed by atoms with E-state index in [9.17, 15) is 5.11 Å². The first kappa shape index (κ1) is 13.3. The van der Waals surface area contributed by atoms with Gasteiger partial charge in [-0.2, -0.15) is 0 Å². The number of benzene rings is 1. The van der Waals surface area contributed by atoms with Crippen LogP contribution in [-0.2, 0) is 11.3 Å². The topological polar surface area (TPSA) is 50.7 Å². The molecule has 1 atom stereocenters. The van der Waals surface area contributed by atoms with Crippen molar-refractivity contribution < 1.29 is 14.6 Å². The van der Waals surface area contributed by atoms with Crippen LogP contribution in [0.15, 0.2) is 24.3 Å². The van der Waals surface area contributed by atoms with E-state index in [2.05, 4.69) is 5.32 Å². The van der Waals surface area contributed by atoms with Crippen LogP contribution in [0.1, 0.15) is 18.4 Å². The van der Waals surface area contributed by atoms with Crippen LogP contribution in [0.25, 0.3) is 0 Å². The van der Waals surface area contributed by atoms with Crippen molar-refractivity contribution in [2.75, 3.05) is 20.3 Å². The number of rotatable bonds is 8. The van der Waals surface area contributed by atoms with Crippen LogP contribution in [-0.4, -0.2) is 37.5 Å². The third-order valence-corrected chi connectivity index (χ3v) is 2.93. The van der Waals surface area contributed by atoms with Crippen LogP contribution >= 0.6 is 0 Å². The van der Waals surface area contributed by atoms with Crippen molar-refractivity contribution in [1.82, 2.24) is 5.32 Å². The summed E-state index contributed by atoms with van der Waals surface area (Å²) in [7, 11) is 1.68. The van der Waals surface area contributed by atoms with E-state index >= 15 is 0 Å². The zero-order valence-corrected chi connectivity index (χ0v) is 10.8. The highest BCUT2D eigenvalue weighted by Crippen LogP contribution is 2.20. The summed E-state index contributed by atoms with van der Waals surface area (Å²) in [6.07, 6.45) is 2.42. The maximum atomic E-state index is 9.26. The van der Waals surface area contributed by atoms with Crippen LogP contribution in [0.3, 0.4) is 0 Å². The highest BCUT2D eigenvalue weighted by Gasteiger charge is 2.24. The summed E-state index contributed by atoms with van der Waals surface area (Å²) >= 11 is 0. The SMILES string of the molecule is COCc1cccc(OCC(CO)NC2CC2)c1.